The van der Waals surface area contributed by atoms with Crippen LogP contribution in [-0.4, -0.2) is 11.5 Å². The number of nitriles is 1. The first-order valence-electron chi connectivity index (χ1n) is 7.71. The van der Waals surface area contributed by atoms with Crippen LogP contribution in [0.4, 0.5) is 18.9 Å². The van der Waals surface area contributed by atoms with E-state index in [2.05, 4.69) is 4.98 Å². The van der Waals surface area contributed by atoms with Gasteiger partial charge in [-0.25, -0.2) is 0 Å². The number of aryl methyl sites for hydroxylation is 1. The van der Waals surface area contributed by atoms with Crippen LogP contribution in [0.1, 0.15) is 41.4 Å². The second-order valence-electron chi connectivity index (χ2n) is 5.89. The van der Waals surface area contributed by atoms with E-state index < -0.39 is 11.7 Å². The van der Waals surface area contributed by atoms with E-state index >= 15 is 0 Å². The highest BCUT2D eigenvalue weighted by Crippen LogP contribution is 2.39. The van der Waals surface area contributed by atoms with Gasteiger partial charge in [-0.1, -0.05) is 6.07 Å². The molecule has 0 unspecified atom stereocenters. The van der Waals surface area contributed by atoms with Crippen molar-refractivity contribution in [1.29, 1.82) is 5.26 Å². The predicted molar refractivity (Wildman–Crippen MR) is 84.5 cm³/mol. The third-order valence-electron chi connectivity index (χ3n) is 4.26. The molecule has 1 aromatic heterocycles. The van der Waals surface area contributed by atoms with Gasteiger partial charge >= 0.3 is 6.18 Å². The number of anilines is 1. The fourth-order valence-electron chi connectivity index (χ4n) is 3.18. The third kappa shape index (κ3) is 3.07. The van der Waals surface area contributed by atoms with E-state index in [1.165, 1.54) is 6.07 Å². The molecule has 2 heterocycles. The fourth-order valence-corrected chi connectivity index (χ4v) is 3.18. The van der Waals surface area contributed by atoms with E-state index in [4.69, 9.17) is 5.26 Å². The maximum absolute atomic E-state index is 13.2. The molecular formula is C18H16F3N3. The molecule has 3 rings (SSSR count). The number of nitrogens with zero attached hydrogens (tertiary/aromatic N) is 3. The second-order valence-corrected chi connectivity index (χ2v) is 5.89. The zero-order valence-corrected chi connectivity index (χ0v) is 13.1. The van der Waals surface area contributed by atoms with Gasteiger partial charge in [0.1, 0.15) is 0 Å². The van der Waals surface area contributed by atoms with Crippen molar-refractivity contribution in [3.63, 3.8) is 0 Å². The average Bonchev–Trinajstić information content (AvgIpc) is 3.03. The summed E-state index contributed by atoms with van der Waals surface area (Å²) in [6.07, 6.45) is -2.81. The van der Waals surface area contributed by atoms with E-state index in [-0.39, 0.29) is 11.6 Å². The quantitative estimate of drug-likeness (QED) is 0.806. The van der Waals surface area contributed by atoms with Crippen molar-refractivity contribution in [2.45, 2.75) is 32.0 Å². The Kier molecular flexibility index (Phi) is 4.18. The van der Waals surface area contributed by atoms with Gasteiger partial charge in [-0.3, -0.25) is 4.98 Å². The van der Waals surface area contributed by atoms with Gasteiger partial charge in [0, 0.05) is 17.9 Å². The molecule has 124 valence electrons. The highest BCUT2D eigenvalue weighted by molar-refractivity contribution is 5.56. The molecule has 0 bridgehead atoms. The Morgan fingerprint density at radius 1 is 1.25 bits per heavy atom. The summed E-state index contributed by atoms with van der Waals surface area (Å²) in [5.41, 5.74) is 0.994. The lowest BCUT2D eigenvalue weighted by Crippen LogP contribution is -2.24. The molecule has 1 aliphatic rings. The molecule has 0 aliphatic carbocycles. The molecule has 0 amide bonds. The van der Waals surface area contributed by atoms with Gasteiger partial charge in [-0.05, 0) is 50.1 Å². The van der Waals surface area contributed by atoms with Gasteiger partial charge in [-0.15, -0.1) is 0 Å². The van der Waals surface area contributed by atoms with Crippen molar-refractivity contribution in [2.24, 2.45) is 0 Å². The number of aromatic nitrogens is 1. The number of benzene rings is 1. The lowest BCUT2D eigenvalue weighted by atomic mass is 10.1. The van der Waals surface area contributed by atoms with Gasteiger partial charge in [0.25, 0.3) is 0 Å². The Hall–Kier alpha value is -2.55. The standard InChI is InChI=1S/C18H16F3N3/c1-12-4-2-5-16(23-12)17-6-3-9-24(17)14-8-7-13(11-22)15(10-14)18(19,20)21/h2,4-5,7-8,10,17H,3,6,9H2,1H3/t17-/m0/s1. The molecule has 1 atom stereocenters. The van der Waals surface area contributed by atoms with Crippen molar-refractivity contribution in [1.82, 2.24) is 4.98 Å². The lowest BCUT2D eigenvalue weighted by Gasteiger charge is -2.27. The average molecular weight is 331 g/mol. The number of rotatable bonds is 2. The van der Waals surface area contributed by atoms with E-state index in [9.17, 15) is 13.2 Å². The molecule has 1 fully saturated rings. The van der Waals surface area contributed by atoms with Crippen molar-refractivity contribution in [3.8, 4) is 6.07 Å². The Morgan fingerprint density at radius 2 is 2.04 bits per heavy atom. The minimum Gasteiger partial charge on any atom is -0.363 e. The zero-order chi connectivity index (χ0) is 17.3. The monoisotopic (exact) mass is 331 g/mol. The highest BCUT2D eigenvalue weighted by atomic mass is 19.4. The summed E-state index contributed by atoms with van der Waals surface area (Å²) >= 11 is 0. The molecule has 1 aliphatic heterocycles. The molecule has 3 nitrogen and oxygen atoms in total. The first-order valence-corrected chi connectivity index (χ1v) is 7.71. The van der Waals surface area contributed by atoms with Gasteiger partial charge < -0.3 is 4.90 Å². The van der Waals surface area contributed by atoms with Crippen LogP contribution in [-0.2, 0) is 6.18 Å². The fraction of sp³-hybridized carbons (Fsp3) is 0.333. The van der Waals surface area contributed by atoms with Crippen molar-refractivity contribution >= 4 is 5.69 Å². The summed E-state index contributed by atoms with van der Waals surface area (Å²) < 4.78 is 39.6. The lowest BCUT2D eigenvalue weighted by molar-refractivity contribution is -0.137. The van der Waals surface area contributed by atoms with Crippen LogP contribution in [0.15, 0.2) is 36.4 Å². The summed E-state index contributed by atoms with van der Waals surface area (Å²) in [7, 11) is 0. The van der Waals surface area contributed by atoms with Crippen LogP contribution in [0.2, 0.25) is 0 Å². The van der Waals surface area contributed by atoms with Gasteiger partial charge in [0.2, 0.25) is 0 Å². The van der Waals surface area contributed by atoms with E-state index in [1.54, 1.807) is 12.1 Å². The number of hydrogen-bond donors (Lipinski definition) is 0. The van der Waals surface area contributed by atoms with Crippen molar-refractivity contribution in [3.05, 3.63) is 58.9 Å². The summed E-state index contributed by atoms with van der Waals surface area (Å²) in [6, 6.07) is 11.2. The Morgan fingerprint density at radius 3 is 2.71 bits per heavy atom. The Labute approximate surface area is 138 Å². The van der Waals surface area contributed by atoms with Gasteiger partial charge in [0.05, 0.1) is 28.9 Å². The number of halogens is 3. The molecule has 1 saturated heterocycles. The minimum atomic E-state index is -4.54. The molecule has 0 N–H and O–H groups in total. The van der Waals surface area contributed by atoms with Crippen LogP contribution in [0.3, 0.4) is 0 Å². The molecule has 0 spiro atoms. The smallest absolute Gasteiger partial charge is 0.363 e. The summed E-state index contributed by atoms with van der Waals surface area (Å²) in [5.74, 6) is 0. The summed E-state index contributed by atoms with van der Waals surface area (Å²) in [6.45, 7) is 2.57. The molecule has 24 heavy (non-hydrogen) atoms. The maximum Gasteiger partial charge on any atom is 0.417 e. The Balaban J connectivity index is 2.00. The van der Waals surface area contributed by atoms with Crippen LogP contribution in [0, 0.1) is 18.3 Å². The Bertz CT molecular complexity index is 793. The molecule has 2 aromatic rings. The van der Waals surface area contributed by atoms with E-state index in [0.29, 0.717) is 12.2 Å². The van der Waals surface area contributed by atoms with Crippen LogP contribution >= 0.6 is 0 Å². The van der Waals surface area contributed by atoms with Crippen LogP contribution in [0.5, 0.6) is 0 Å². The first kappa shape index (κ1) is 16.3. The third-order valence-corrected chi connectivity index (χ3v) is 4.26. The van der Waals surface area contributed by atoms with E-state index in [1.807, 2.05) is 30.0 Å². The highest BCUT2D eigenvalue weighted by Gasteiger charge is 2.35. The topological polar surface area (TPSA) is 39.9 Å². The first-order chi connectivity index (χ1) is 11.4. The normalized spacial score (nSPS) is 17.8. The number of hydrogen-bond acceptors (Lipinski definition) is 3. The summed E-state index contributed by atoms with van der Waals surface area (Å²) in [4.78, 5) is 6.46. The van der Waals surface area contributed by atoms with Crippen LogP contribution < -0.4 is 4.90 Å². The largest absolute Gasteiger partial charge is 0.417 e. The van der Waals surface area contributed by atoms with Gasteiger partial charge in [-0.2, -0.15) is 18.4 Å². The summed E-state index contributed by atoms with van der Waals surface area (Å²) in [5, 5.41) is 8.92. The predicted octanol–water partition coefficient (Wildman–Crippen LogP) is 4.62. The molecule has 6 heteroatoms. The minimum absolute atomic E-state index is 0.0427. The SMILES string of the molecule is Cc1cccc([C@@H]2CCCN2c2ccc(C#N)c(C(F)(F)F)c2)n1. The molecule has 1 aromatic carbocycles. The van der Waals surface area contributed by atoms with Crippen molar-refractivity contribution in [2.75, 3.05) is 11.4 Å². The van der Waals surface area contributed by atoms with Crippen LogP contribution in [0.25, 0.3) is 0 Å². The number of alkyl halides is 3. The molecule has 0 radical (unpaired) electrons. The van der Waals surface area contributed by atoms with Gasteiger partial charge in [0.15, 0.2) is 0 Å². The number of pyridine rings is 1. The molecule has 0 saturated carbocycles. The zero-order valence-electron chi connectivity index (χ0n) is 13.1. The maximum atomic E-state index is 13.2. The van der Waals surface area contributed by atoms with Crippen molar-refractivity contribution < 1.29 is 13.2 Å². The molecular weight excluding hydrogens is 315 g/mol. The second kappa shape index (κ2) is 6.16. The van der Waals surface area contributed by atoms with E-state index in [0.717, 1.165) is 30.3 Å².